The first kappa shape index (κ1) is 14.4. The van der Waals surface area contributed by atoms with Gasteiger partial charge in [-0.25, -0.2) is 0 Å². The van der Waals surface area contributed by atoms with Gasteiger partial charge in [-0.3, -0.25) is 0 Å². The molecule has 0 radical (unpaired) electrons. The van der Waals surface area contributed by atoms with Gasteiger partial charge in [0.15, 0.2) is 0 Å². The lowest BCUT2D eigenvalue weighted by Crippen LogP contribution is -2.31. The maximum atomic E-state index is 9.52. The van der Waals surface area contributed by atoms with Gasteiger partial charge in [0, 0.05) is 16.5 Å². The molecule has 0 fully saturated rings. The summed E-state index contributed by atoms with van der Waals surface area (Å²) in [7, 11) is 0. The summed E-state index contributed by atoms with van der Waals surface area (Å²) < 4.78 is 0. The van der Waals surface area contributed by atoms with Crippen LogP contribution in [0.15, 0.2) is 35.7 Å². The topological polar surface area (TPSA) is 23.5 Å². The van der Waals surface area contributed by atoms with Crippen molar-refractivity contribution >= 4 is 28.6 Å². The van der Waals surface area contributed by atoms with E-state index in [4.69, 9.17) is 11.6 Å². The number of thiophene rings is 1. The molecule has 1 aromatic carbocycles. The molecule has 1 heterocycles. The van der Waals surface area contributed by atoms with Gasteiger partial charge in [-0.15, -0.1) is 11.3 Å². The van der Waals surface area contributed by atoms with Crippen LogP contribution in [0.2, 0.25) is 5.02 Å². The van der Waals surface area contributed by atoms with E-state index in [9.17, 15) is 5.11 Å². The normalized spacial score (nSPS) is 11.0. The molecule has 1 aromatic heterocycles. The molecule has 0 aliphatic carbocycles. The number of benzene rings is 1. The highest BCUT2D eigenvalue weighted by Crippen LogP contribution is 2.33. The Morgan fingerprint density at radius 1 is 1.26 bits per heavy atom. The minimum atomic E-state index is 0.00353. The fourth-order valence-corrected chi connectivity index (χ4v) is 3.10. The molecule has 19 heavy (non-hydrogen) atoms. The number of nitrogens with zero attached hydrogens (tertiary/aromatic N) is 1. The lowest BCUT2D eigenvalue weighted by Gasteiger charge is -2.31. The summed E-state index contributed by atoms with van der Waals surface area (Å²) in [6.07, 6.45) is 0. The number of anilines is 1. The Kier molecular flexibility index (Phi) is 4.86. The Morgan fingerprint density at radius 3 is 2.63 bits per heavy atom. The molecule has 0 saturated carbocycles. The molecule has 0 spiro atoms. The Bertz CT molecular complexity index is 525. The highest BCUT2D eigenvalue weighted by atomic mass is 35.5. The van der Waals surface area contributed by atoms with E-state index in [1.807, 2.05) is 18.2 Å². The average Bonchev–Trinajstić information content (AvgIpc) is 2.89. The number of aliphatic hydroxyl groups is 1. The van der Waals surface area contributed by atoms with Gasteiger partial charge in [0.2, 0.25) is 0 Å². The fraction of sp³-hybridized carbons (Fsp3) is 0.333. The summed E-state index contributed by atoms with van der Waals surface area (Å²) in [6, 6.07) is 10.2. The van der Waals surface area contributed by atoms with Crippen LogP contribution >= 0.6 is 22.9 Å². The van der Waals surface area contributed by atoms with Gasteiger partial charge in [0.05, 0.1) is 23.9 Å². The van der Waals surface area contributed by atoms with Crippen molar-refractivity contribution in [3.63, 3.8) is 0 Å². The molecule has 0 aliphatic heterocycles. The first-order valence-corrected chi connectivity index (χ1v) is 7.56. The smallest absolute Gasteiger partial charge is 0.0702 e. The Balaban J connectivity index is 2.39. The van der Waals surface area contributed by atoms with Crippen LogP contribution in [0.3, 0.4) is 0 Å². The fourth-order valence-electron chi connectivity index (χ4n) is 2.10. The lowest BCUT2D eigenvalue weighted by atomic mass is 10.1. The van der Waals surface area contributed by atoms with Crippen molar-refractivity contribution in [2.45, 2.75) is 33.0 Å². The van der Waals surface area contributed by atoms with E-state index in [0.717, 1.165) is 17.8 Å². The molecule has 2 aromatic rings. The van der Waals surface area contributed by atoms with Crippen molar-refractivity contribution < 1.29 is 5.11 Å². The zero-order valence-corrected chi connectivity index (χ0v) is 12.7. The second-order valence-electron chi connectivity index (χ2n) is 4.71. The van der Waals surface area contributed by atoms with E-state index < -0.39 is 0 Å². The molecule has 4 heteroatoms. The molecular weight excluding hydrogens is 278 g/mol. The number of rotatable bonds is 5. The van der Waals surface area contributed by atoms with Crippen molar-refractivity contribution in [2.24, 2.45) is 0 Å². The zero-order valence-electron chi connectivity index (χ0n) is 11.1. The van der Waals surface area contributed by atoms with Gasteiger partial charge in [0.25, 0.3) is 0 Å². The molecule has 2 rings (SSSR count). The van der Waals surface area contributed by atoms with Crippen molar-refractivity contribution in [2.75, 3.05) is 4.90 Å². The zero-order chi connectivity index (χ0) is 13.8. The predicted octanol–water partition coefficient (Wildman–Crippen LogP) is 4.31. The van der Waals surface area contributed by atoms with Gasteiger partial charge in [0.1, 0.15) is 0 Å². The third kappa shape index (κ3) is 3.30. The summed E-state index contributed by atoms with van der Waals surface area (Å²) >= 11 is 8.07. The van der Waals surface area contributed by atoms with Crippen molar-refractivity contribution in [3.8, 4) is 0 Å². The van der Waals surface area contributed by atoms with Gasteiger partial charge < -0.3 is 10.0 Å². The number of aliphatic hydroxyl groups excluding tert-OH is 1. The molecule has 0 saturated heterocycles. The average molecular weight is 296 g/mol. The van der Waals surface area contributed by atoms with Crippen LogP contribution in [0.25, 0.3) is 0 Å². The summed E-state index contributed by atoms with van der Waals surface area (Å²) in [4.78, 5) is 3.53. The summed E-state index contributed by atoms with van der Waals surface area (Å²) in [5, 5.41) is 12.3. The SMILES string of the molecule is CC(C)N(Cc1cccs1)c1c(Cl)cccc1CO. The molecular formula is C15H18ClNOS. The standard InChI is InChI=1S/C15H18ClNOS/c1-11(2)17(9-13-6-4-8-19-13)15-12(10-18)5-3-7-14(15)16/h3-8,11,18H,9-10H2,1-2H3. The molecule has 0 aliphatic rings. The van der Waals surface area contributed by atoms with Crippen LogP contribution in [0.1, 0.15) is 24.3 Å². The van der Waals surface area contributed by atoms with Gasteiger partial charge in [-0.2, -0.15) is 0 Å². The Morgan fingerprint density at radius 2 is 2.05 bits per heavy atom. The van der Waals surface area contributed by atoms with Crippen LogP contribution < -0.4 is 4.90 Å². The molecule has 2 nitrogen and oxygen atoms in total. The van der Waals surface area contributed by atoms with E-state index in [-0.39, 0.29) is 6.61 Å². The maximum Gasteiger partial charge on any atom is 0.0702 e. The van der Waals surface area contributed by atoms with Crippen LogP contribution in [-0.4, -0.2) is 11.1 Å². The largest absolute Gasteiger partial charge is 0.392 e. The van der Waals surface area contributed by atoms with Crippen molar-refractivity contribution in [1.29, 1.82) is 0 Å². The molecule has 1 N–H and O–H groups in total. The van der Waals surface area contributed by atoms with E-state index in [1.165, 1.54) is 4.88 Å². The number of hydrogen-bond acceptors (Lipinski definition) is 3. The summed E-state index contributed by atoms with van der Waals surface area (Å²) in [6.45, 7) is 5.09. The van der Waals surface area contributed by atoms with E-state index in [0.29, 0.717) is 11.1 Å². The van der Waals surface area contributed by atoms with E-state index in [1.54, 1.807) is 11.3 Å². The summed E-state index contributed by atoms with van der Waals surface area (Å²) in [5.74, 6) is 0. The molecule has 0 amide bonds. The quantitative estimate of drug-likeness (QED) is 0.888. The second kappa shape index (κ2) is 6.42. The Labute approximate surface area is 123 Å². The molecule has 102 valence electrons. The van der Waals surface area contributed by atoms with E-state index >= 15 is 0 Å². The number of halogens is 1. The Hall–Kier alpha value is -1.03. The second-order valence-corrected chi connectivity index (χ2v) is 6.15. The summed E-state index contributed by atoms with van der Waals surface area (Å²) in [5.41, 5.74) is 1.81. The highest BCUT2D eigenvalue weighted by Gasteiger charge is 2.18. The first-order chi connectivity index (χ1) is 9.13. The molecule has 0 atom stereocenters. The van der Waals surface area contributed by atoms with Crippen LogP contribution in [0.5, 0.6) is 0 Å². The number of hydrogen-bond donors (Lipinski definition) is 1. The van der Waals surface area contributed by atoms with Crippen molar-refractivity contribution in [1.82, 2.24) is 0 Å². The predicted molar refractivity (Wildman–Crippen MR) is 83.0 cm³/mol. The van der Waals surface area contributed by atoms with Crippen LogP contribution in [0.4, 0.5) is 5.69 Å². The minimum absolute atomic E-state index is 0.00353. The monoisotopic (exact) mass is 295 g/mol. The third-order valence-electron chi connectivity index (χ3n) is 3.06. The van der Waals surface area contributed by atoms with E-state index in [2.05, 4.69) is 36.3 Å². The maximum absolute atomic E-state index is 9.52. The number of para-hydroxylation sites is 1. The van der Waals surface area contributed by atoms with Crippen molar-refractivity contribution in [3.05, 3.63) is 51.2 Å². The molecule has 0 bridgehead atoms. The van der Waals surface area contributed by atoms with Gasteiger partial charge in [-0.05, 0) is 31.4 Å². The first-order valence-electron chi connectivity index (χ1n) is 6.30. The lowest BCUT2D eigenvalue weighted by molar-refractivity contribution is 0.282. The van der Waals surface area contributed by atoms with Gasteiger partial charge >= 0.3 is 0 Å². The minimum Gasteiger partial charge on any atom is -0.392 e. The van der Waals surface area contributed by atoms with Crippen LogP contribution in [0, 0.1) is 0 Å². The third-order valence-corrected chi connectivity index (χ3v) is 4.22. The van der Waals surface area contributed by atoms with Gasteiger partial charge in [-0.1, -0.05) is 29.8 Å². The van der Waals surface area contributed by atoms with Crippen LogP contribution in [-0.2, 0) is 13.2 Å². The molecule has 0 unspecified atom stereocenters. The highest BCUT2D eigenvalue weighted by molar-refractivity contribution is 7.09.